The fraction of sp³-hybridized carbons (Fsp3) is 0.250. The Morgan fingerprint density at radius 2 is 1.86 bits per heavy atom. The van der Waals surface area contributed by atoms with Crippen molar-refractivity contribution in [1.29, 1.82) is 0 Å². The van der Waals surface area contributed by atoms with Gasteiger partial charge < -0.3 is 14.8 Å². The summed E-state index contributed by atoms with van der Waals surface area (Å²) in [5.74, 6) is -0.0614. The van der Waals surface area contributed by atoms with Crippen molar-refractivity contribution in [2.24, 2.45) is 0 Å². The number of hydrogen-bond donors (Lipinski definition) is 1. The van der Waals surface area contributed by atoms with E-state index in [-0.39, 0.29) is 16.6 Å². The Labute approximate surface area is 178 Å². The van der Waals surface area contributed by atoms with Crippen molar-refractivity contribution >= 4 is 43.6 Å². The number of hydrogen-bond acceptors (Lipinski definition) is 5. The molecule has 1 N–H and O–H groups in total. The molecular weight excluding hydrogens is 460 g/mol. The first-order valence-electron chi connectivity index (χ1n) is 8.91. The van der Waals surface area contributed by atoms with Gasteiger partial charge in [0.05, 0.1) is 20.3 Å². The molecular formula is C20H21BrN2O5S. The highest BCUT2D eigenvalue weighted by Crippen LogP contribution is 2.29. The Kier molecular flexibility index (Phi) is 7.07. The predicted molar refractivity (Wildman–Crippen MR) is 114 cm³/mol. The SMILES string of the molecule is COc1ccc(C=CC(=O)Nc2ccc(Br)cc2)cc1S(=O)(=O)N1CCOCC1. The largest absolute Gasteiger partial charge is 0.495 e. The lowest BCUT2D eigenvalue weighted by atomic mass is 10.2. The molecule has 2 aromatic rings. The van der Waals surface area contributed by atoms with Crippen molar-refractivity contribution in [2.45, 2.75) is 4.90 Å². The van der Waals surface area contributed by atoms with Crippen molar-refractivity contribution in [3.05, 3.63) is 58.6 Å². The van der Waals surface area contributed by atoms with Crippen molar-refractivity contribution in [3.63, 3.8) is 0 Å². The van der Waals surface area contributed by atoms with Gasteiger partial charge in [0.15, 0.2) is 0 Å². The number of morpholine rings is 1. The van der Waals surface area contributed by atoms with Crippen molar-refractivity contribution in [3.8, 4) is 5.75 Å². The lowest BCUT2D eigenvalue weighted by molar-refractivity contribution is -0.111. The van der Waals surface area contributed by atoms with Crippen LogP contribution in [0, 0.1) is 0 Å². The summed E-state index contributed by atoms with van der Waals surface area (Å²) in [6, 6.07) is 12.0. The molecule has 154 valence electrons. The number of benzene rings is 2. The number of nitrogens with one attached hydrogen (secondary N) is 1. The fourth-order valence-corrected chi connectivity index (χ4v) is 4.68. The molecule has 3 rings (SSSR count). The van der Waals surface area contributed by atoms with E-state index in [1.54, 1.807) is 30.3 Å². The number of nitrogens with zero attached hydrogens (tertiary/aromatic N) is 1. The van der Waals surface area contributed by atoms with Crippen LogP contribution >= 0.6 is 15.9 Å². The quantitative estimate of drug-likeness (QED) is 0.641. The zero-order valence-corrected chi connectivity index (χ0v) is 18.2. The van der Waals surface area contributed by atoms with E-state index in [1.165, 1.54) is 23.6 Å². The monoisotopic (exact) mass is 480 g/mol. The minimum absolute atomic E-state index is 0.0670. The van der Waals surface area contributed by atoms with E-state index >= 15 is 0 Å². The topological polar surface area (TPSA) is 84.9 Å². The van der Waals surface area contributed by atoms with Crippen LogP contribution in [0.1, 0.15) is 5.56 Å². The molecule has 1 saturated heterocycles. The van der Waals surface area contributed by atoms with Gasteiger partial charge in [0, 0.05) is 29.3 Å². The minimum atomic E-state index is -3.73. The summed E-state index contributed by atoms with van der Waals surface area (Å²) in [6.45, 7) is 1.30. The van der Waals surface area contributed by atoms with E-state index < -0.39 is 10.0 Å². The number of halogens is 1. The van der Waals surface area contributed by atoms with Gasteiger partial charge in [-0.1, -0.05) is 22.0 Å². The van der Waals surface area contributed by atoms with Crippen LogP contribution in [0.4, 0.5) is 5.69 Å². The molecule has 0 radical (unpaired) electrons. The van der Waals surface area contributed by atoms with Gasteiger partial charge in [0.2, 0.25) is 15.9 Å². The first-order valence-corrected chi connectivity index (χ1v) is 11.1. The third kappa shape index (κ3) is 5.45. The highest BCUT2D eigenvalue weighted by atomic mass is 79.9. The molecule has 0 saturated carbocycles. The molecule has 1 fully saturated rings. The van der Waals surface area contributed by atoms with E-state index in [0.29, 0.717) is 37.6 Å². The van der Waals surface area contributed by atoms with Crippen molar-refractivity contribution in [1.82, 2.24) is 4.31 Å². The number of ether oxygens (including phenoxy) is 2. The number of sulfonamides is 1. The average molecular weight is 481 g/mol. The molecule has 0 aliphatic carbocycles. The van der Waals surface area contributed by atoms with E-state index in [1.807, 2.05) is 12.1 Å². The Morgan fingerprint density at radius 3 is 2.52 bits per heavy atom. The molecule has 1 amide bonds. The van der Waals surface area contributed by atoms with Gasteiger partial charge in [-0.05, 0) is 48.0 Å². The molecule has 9 heteroatoms. The lowest BCUT2D eigenvalue weighted by Crippen LogP contribution is -2.40. The molecule has 1 aliphatic rings. The number of methoxy groups -OCH3 is 1. The first-order chi connectivity index (χ1) is 13.9. The summed E-state index contributed by atoms with van der Waals surface area (Å²) in [7, 11) is -2.30. The van der Waals surface area contributed by atoms with E-state index in [0.717, 1.165) is 4.47 Å². The maximum atomic E-state index is 13.0. The Balaban J connectivity index is 1.79. The van der Waals surface area contributed by atoms with Crippen LogP contribution in [-0.4, -0.2) is 52.0 Å². The van der Waals surface area contributed by atoms with Crippen LogP contribution in [0.15, 0.2) is 57.9 Å². The Morgan fingerprint density at radius 1 is 1.17 bits per heavy atom. The molecule has 0 unspecified atom stereocenters. The van der Waals surface area contributed by atoms with E-state index in [9.17, 15) is 13.2 Å². The first kappa shape index (κ1) is 21.5. The maximum Gasteiger partial charge on any atom is 0.248 e. The van der Waals surface area contributed by atoms with E-state index in [4.69, 9.17) is 9.47 Å². The summed E-state index contributed by atoms with van der Waals surface area (Å²) in [5, 5.41) is 2.75. The highest BCUT2D eigenvalue weighted by molar-refractivity contribution is 9.10. The molecule has 0 spiro atoms. The average Bonchev–Trinajstić information content (AvgIpc) is 2.74. The van der Waals surface area contributed by atoms with E-state index in [2.05, 4.69) is 21.2 Å². The lowest BCUT2D eigenvalue weighted by Gasteiger charge is -2.26. The standard InChI is InChI=1S/C20H21BrN2O5S/c1-27-18-8-2-15(3-9-20(24)22-17-6-4-16(21)5-7-17)14-19(18)29(25,26)23-10-12-28-13-11-23/h2-9,14H,10-13H2,1H3,(H,22,24). The van der Waals surface area contributed by atoms with Crippen LogP contribution in [0.3, 0.4) is 0 Å². The van der Waals surface area contributed by atoms with Gasteiger partial charge >= 0.3 is 0 Å². The molecule has 29 heavy (non-hydrogen) atoms. The van der Waals surface area contributed by atoms with Crippen LogP contribution in [0.25, 0.3) is 6.08 Å². The molecule has 2 aromatic carbocycles. The van der Waals surface area contributed by atoms with Gasteiger partial charge in [-0.25, -0.2) is 8.42 Å². The third-order valence-corrected chi connectivity index (χ3v) is 6.76. The zero-order chi connectivity index (χ0) is 20.9. The number of carbonyl (C=O) groups is 1. The molecule has 1 aliphatic heterocycles. The van der Waals surface area contributed by atoms with Crippen LogP contribution in [0.2, 0.25) is 0 Å². The van der Waals surface area contributed by atoms with Gasteiger partial charge in [0.1, 0.15) is 10.6 Å². The zero-order valence-electron chi connectivity index (χ0n) is 15.8. The second kappa shape index (κ2) is 9.53. The van der Waals surface area contributed by atoms with Crippen molar-refractivity contribution in [2.75, 3.05) is 38.7 Å². The molecule has 1 heterocycles. The number of carbonyl (C=O) groups excluding carboxylic acids is 1. The summed E-state index contributed by atoms with van der Waals surface area (Å²) < 4.78 is 38.8. The normalized spacial score (nSPS) is 15.4. The molecule has 0 atom stereocenters. The predicted octanol–water partition coefficient (Wildman–Crippen LogP) is 3.13. The van der Waals surface area contributed by atoms with Gasteiger partial charge in [-0.3, -0.25) is 4.79 Å². The number of rotatable bonds is 6. The van der Waals surface area contributed by atoms with Crippen LogP contribution < -0.4 is 10.1 Å². The molecule has 0 aromatic heterocycles. The minimum Gasteiger partial charge on any atom is -0.495 e. The Bertz CT molecular complexity index is 1000. The van der Waals surface area contributed by atoms with Crippen LogP contribution in [-0.2, 0) is 19.6 Å². The molecule has 7 nitrogen and oxygen atoms in total. The molecule has 0 bridgehead atoms. The number of amides is 1. The second-order valence-corrected chi connectivity index (χ2v) is 9.08. The van der Waals surface area contributed by atoms with Crippen molar-refractivity contribution < 1.29 is 22.7 Å². The van der Waals surface area contributed by atoms with Gasteiger partial charge in [0.25, 0.3) is 0 Å². The summed E-state index contributed by atoms with van der Waals surface area (Å²) in [4.78, 5) is 12.2. The van der Waals surface area contributed by atoms with Crippen LogP contribution in [0.5, 0.6) is 5.75 Å². The highest BCUT2D eigenvalue weighted by Gasteiger charge is 2.29. The summed E-state index contributed by atoms with van der Waals surface area (Å²) in [5.41, 5.74) is 1.23. The van der Waals surface area contributed by atoms with Gasteiger partial charge in [-0.2, -0.15) is 4.31 Å². The Hall–Kier alpha value is -2.20. The number of anilines is 1. The smallest absolute Gasteiger partial charge is 0.248 e. The summed E-state index contributed by atoms with van der Waals surface area (Å²) in [6.07, 6.45) is 2.92. The summed E-state index contributed by atoms with van der Waals surface area (Å²) >= 11 is 3.34. The third-order valence-electron chi connectivity index (χ3n) is 4.31. The van der Waals surface area contributed by atoms with Gasteiger partial charge in [-0.15, -0.1) is 0 Å². The fourth-order valence-electron chi connectivity index (χ4n) is 2.81. The maximum absolute atomic E-state index is 13.0. The second-order valence-electron chi connectivity index (χ2n) is 6.26.